The van der Waals surface area contributed by atoms with Crippen molar-refractivity contribution < 1.29 is 4.74 Å². The molecular weight excluding hydrogens is 244 g/mol. The van der Waals surface area contributed by atoms with Crippen molar-refractivity contribution in [3.8, 4) is 6.01 Å². The van der Waals surface area contributed by atoms with Gasteiger partial charge in [-0.05, 0) is 32.9 Å². The summed E-state index contributed by atoms with van der Waals surface area (Å²) in [5.41, 5.74) is 5.64. The van der Waals surface area contributed by atoms with Crippen LogP contribution < -0.4 is 15.4 Å². The molecule has 0 aromatic carbocycles. The minimum Gasteiger partial charge on any atom is -0.463 e. The van der Waals surface area contributed by atoms with Crippen LogP contribution in [0.25, 0.3) is 0 Å². The molecule has 19 heavy (non-hydrogen) atoms. The predicted octanol–water partition coefficient (Wildman–Crippen LogP) is 0.383. The normalized spacial score (nSPS) is 19.6. The summed E-state index contributed by atoms with van der Waals surface area (Å²) in [5.74, 6) is 0.701. The maximum Gasteiger partial charge on any atom is 0.323 e. The Morgan fingerprint density at radius 2 is 2.16 bits per heavy atom. The molecule has 2 N–H and O–H groups in total. The molecule has 0 bridgehead atoms. The first-order chi connectivity index (χ1) is 9.06. The monoisotopic (exact) mass is 266 g/mol. The second-order valence-corrected chi connectivity index (χ2v) is 5.08. The number of aromatic nitrogens is 3. The van der Waals surface area contributed by atoms with Gasteiger partial charge in [-0.3, -0.25) is 0 Å². The molecule has 1 fully saturated rings. The number of likely N-dealkylation sites (tertiary alicyclic amines) is 1. The molecule has 0 radical (unpaired) electrons. The van der Waals surface area contributed by atoms with Crippen LogP contribution in [0.15, 0.2) is 0 Å². The van der Waals surface area contributed by atoms with Gasteiger partial charge in [0.15, 0.2) is 0 Å². The van der Waals surface area contributed by atoms with E-state index < -0.39 is 0 Å². The first-order valence-corrected chi connectivity index (χ1v) is 6.58. The summed E-state index contributed by atoms with van der Waals surface area (Å²) in [4.78, 5) is 16.4. The summed E-state index contributed by atoms with van der Waals surface area (Å²) in [7, 11) is 5.86. The van der Waals surface area contributed by atoms with Gasteiger partial charge in [0.2, 0.25) is 11.9 Å². The maximum atomic E-state index is 5.64. The van der Waals surface area contributed by atoms with Gasteiger partial charge in [-0.25, -0.2) is 0 Å². The minimum atomic E-state index is 0.187. The van der Waals surface area contributed by atoms with Crippen LogP contribution in [0.3, 0.4) is 0 Å². The molecular formula is C12H22N6O. The molecule has 1 unspecified atom stereocenters. The molecule has 7 heteroatoms. The van der Waals surface area contributed by atoms with Crippen molar-refractivity contribution in [2.75, 3.05) is 44.9 Å². The SMILES string of the molecule is CN(C)c1nc(N)nc(OCCC2CCCN2C)n1. The quantitative estimate of drug-likeness (QED) is 0.825. The van der Waals surface area contributed by atoms with Crippen molar-refractivity contribution in [2.45, 2.75) is 25.3 Å². The number of nitrogens with two attached hydrogens (primary N) is 1. The molecule has 0 aliphatic carbocycles. The smallest absolute Gasteiger partial charge is 0.323 e. The Hall–Kier alpha value is -1.63. The fourth-order valence-electron chi connectivity index (χ4n) is 2.26. The molecule has 1 aliphatic rings. The van der Waals surface area contributed by atoms with Crippen LogP contribution in [0.4, 0.5) is 11.9 Å². The Morgan fingerprint density at radius 1 is 1.37 bits per heavy atom. The van der Waals surface area contributed by atoms with E-state index in [-0.39, 0.29) is 5.95 Å². The Kier molecular flexibility index (Phi) is 4.36. The zero-order valence-electron chi connectivity index (χ0n) is 11.8. The molecule has 1 aromatic heterocycles. The highest BCUT2D eigenvalue weighted by Gasteiger charge is 2.20. The van der Waals surface area contributed by atoms with Crippen molar-refractivity contribution in [1.29, 1.82) is 0 Å². The van der Waals surface area contributed by atoms with E-state index in [9.17, 15) is 0 Å². The largest absolute Gasteiger partial charge is 0.463 e. The maximum absolute atomic E-state index is 5.64. The van der Waals surface area contributed by atoms with Gasteiger partial charge in [0.05, 0.1) is 6.61 Å². The van der Waals surface area contributed by atoms with Gasteiger partial charge in [0.1, 0.15) is 0 Å². The van der Waals surface area contributed by atoms with Gasteiger partial charge in [-0.15, -0.1) is 0 Å². The lowest BCUT2D eigenvalue weighted by Crippen LogP contribution is -2.26. The number of rotatable bonds is 5. The summed E-state index contributed by atoms with van der Waals surface area (Å²) < 4.78 is 5.59. The molecule has 1 saturated heterocycles. The highest BCUT2D eigenvalue weighted by molar-refractivity contribution is 5.33. The number of hydrogen-bond acceptors (Lipinski definition) is 7. The average molecular weight is 266 g/mol. The lowest BCUT2D eigenvalue weighted by Gasteiger charge is -2.19. The van der Waals surface area contributed by atoms with Crippen LogP contribution in [-0.2, 0) is 0 Å². The van der Waals surface area contributed by atoms with Crippen LogP contribution in [0.5, 0.6) is 6.01 Å². The Labute approximate surface area is 113 Å². The summed E-state index contributed by atoms with van der Waals surface area (Å²) in [6.07, 6.45) is 3.49. The zero-order chi connectivity index (χ0) is 13.8. The molecule has 7 nitrogen and oxygen atoms in total. The number of hydrogen-bond donors (Lipinski definition) is 1. The average Bonchev–Trinajstić information content (AvgIpc) is 2.74. The molecule has 106 valence electrons. The van der Waals surface area contributed by atoms with E-state index in [1.54, 1.807) is 4.90 Å². The number of nitrogens with zero attached hydrogens (tertiary/aromatic N) is 5. The van der Waals surface area contributed by atoms with Crippen LogP contribution in [-0.4, -0.2) is 60.2 Å². The van der Waals surface area contributed by atoms with Gasteiger partial charge in [0, 0.05) is 20.1 Å². The second kappa shape index (κ2) is 6.01. The van der Waals surface area contributed by atoms with Gasteiger partial charge >= 0.3 is 6.01 Å². The van der Waals surface area contributed by atoms with Crippen molar-refractivity contribution in [3.05, 3.63) is 0 Å². The molecule has 0 spiro atoms. The van der Waals surface area contributed by atoms with E-state index in [2.05, 4.69) is 26.9 Å². The molecule has 2 heterocycles. The fraction of sp³-hybridized carbons (Fsp3) is 0.750. The molecule has 2 rings (SSSR count). The Balaban J connectivity index is 1.88. The summed E-state index contributed by atoms with van der Waals surface area (Å²) >= 11 is 0. The third kappa shape index (κ3) is 3.66. The number of nitrogen functional groups attached to an aromatic ring is 1. The van der Waals surface area contributed by atoms with Crippen LogP contribution in [0.2, 0.25) is 0 Å². The van der Waals surface area contributed by atoms with E-state index in [0.29, 0.717) is 24.6 Å². The first-order valence-electron chi connectivity index (χ1n) is 6.58. The lowest BCUT2D eigenvalue weighted by atomic mass is 10.2. The van der Waals surface area contributed by atoms with E-state index in [1.807, 2.05) is 14.1 Å². The van der Waals surface area contributed by atoms with Crippen molar-refractivity contribution >= 4 is 11.9 Å². The van der Waals surface area contributed by atoms with Crippen molar-refractivity contribution in [3.63, 3.8) is 0 Å². The van der Waals surface area contributed by atoms with E-state index in [1.165, 1.54) is 19.4 Å². The van der Waals surface area contributed by atoms with Gasteiger partial charge in [0.25, 0.3) is 0 Å². The highest BCUT2D eigenvalue weighted by Crippen LogP contribution is 2.18. The molecule has 1 atom stereocenters. The third-order valence-corrected chi connectivity index (χ3v) is 3.37. The Morgan fingerprint density at radius 3 is 2.79 bits per heavy atom. The lowest BCUT2D eigenvalue weighted by molar-refractivity contribution is 0.223. The fourth-order valence-corrected chi connectivity index (χ4v) is 2.26. The standard InChI is InChI=1S/C12H22N6O/c1-17(2)11-14-10(13)15-12(16-11)19-8-6-9-5-4-7-18(9)3/h9H,4-8H2,1-3H3,(H2,13,14,15,16). The molecule has 1 aromatic rings. The minimum absolute atomic E-state index is 0.187. The highest BCUT2D eigenvalue weighted by atomic mass is 16.5. The number of anilines is 2. The molecule has 0 amide bonds. The van der Waals surface area contributed by atoms with Crippen LogP contribution in [0, 0.1) is 0 Å². The van der Waals surface area contributed by atoms with Crippen molar-refractivity contribution in [1.82, 2.24) is 19.9 Å². The topological polar surface area (TPSA) is 80.4 Å². The van der Waals surface area contributed by atoms with Crippen LogP contribution in [0.1, 0.15) is 19.3 Å². The van der Waals surface area contributed by atoms with E-state index >= 15 is 0 Å². The van der Waals surface area contributed by atoms with Crippen molar-refractivity contribution in [2.24, 2.45) is 0 Å². The van der Waals surface area contributed by atoms with E-state index in [0.717, 1.165) is 6.42 Å². The summed E-state index contributed by atoms with van der Waals surface area (Å²) in [6.45, 7) is 1.78. The zero-order valence-corrected chi connectivity index (χ0v) is 11.8. The second-order valence-electron chi connectivity index (χ2n) is 5.08. The molecule has 0 saturated carbocycles. The predicted molar refractivity (Wildman–Crippen MR) is 74.3 cm³/mol. The Bertz CT molecular complexity index is 425. The van der Waals surface area contributed by atoms with E-state index in [4.69, 9.17) is 10.5 Å². The summed E-state index contributed by atoms with van der Waals surface area (Å²) in [6, 6.07) is 0.907. The third-order valence-electron chi connectivity index (χ3n) is 3.37. The van der Waals surface area contributed by atoms with Gasteiger partial charge in [-0.1, -0.05) is 0 Å². The van der Waals surface area contributed by atoms with Crippen LogP contribution >= 0.6 is 0 Å². The van der Waals surface area contributed by atoms with Gasteiger partial charge < -0.3 is 20.3 Å². The summed E-state index contributed by atoms with van der Waals surface area (Å²) in [5, 5.41) is 0. The number of ether oxygens (including phenoxy) is 1. The molecule has 1 aliphatic heterocycles. The van der Waals surface area contributed by atoms with Gasteiger partial charge in [-0.2, -0.15) is 15.0 Å². The first kappa shape index (κ1) is 13.8.